The zero-order valence-electron chi connectivity index (χ0n) is 18.7. The molecule has 0 saturated carbocycles. The number of nitrogens with zero attached hydrogens (tertiary/aromatic N) is 2. The molecular weight excluding hydrogens is 330 g/mol. The summed E-state index contributed by atoms with van der Waals surface area (Å²) in [5.74, 6) is 1.26. The first-order valence-corrected chi connectivity index (χ1v) is 12.3. The average molecular weight is 380 g/mol. The van der Waals surface area contributed by atoms with E-state index in [-0.39, 0.29) is 6.17 Å². The van der Waals surface area contributed by atoms with Gasteiger partial charge in [0.05, 0.1) is 12.7 Å². The van der Waals surface area contributed by atoms with Crippen LogP contribution in [-0.4, -0.2) is 30.0 Å². The highest BCUT2D eigenvalue weighted by atomic mass is 15.3. The third kappa shape index (κ3) is 13.3. The van der Waals surface area contributed by atoms with Crippen LogP contribution in [0, 0.1) is 0 Å². The maximum Gasteiger partial charge on any atom is 0.100 e. The summed E-state index contributed by atoms with van der Waals surface area (Å²) in [5.41, 5.74) is 6.00. The molecule has 1 aliphatic rings. The van der Waals surface area contributed by atoms with Crippen molar-refractivity contribution in [3.63, 3.8) is 0 Å². The molecule has 1 atom stereocenters. The van der Waals surface area contributed by atoms with E-state index < -0.39 is 0 Å². The topological polar surface area (TPSA) is 41.6 Å². The van der Waals surface area contributed by atoms with Crippen LogP contribution < -0.4 is 5.73 Å². The number of aliphatic imine (C=N–C) groups is 1. The maximum absolute atomic E-state index is 6.00. The van der Waals surface area contributed by atoms with E-state index in [4.69, 9.17) is 5.73 Å². The maximum atomic E-state index is 6.00. The summed E-state index contributed by atoms with van der Waals surface area (Å²) >= 11 is 0. The Balaban J connectivity index is 1.75. The summed E-state index contributed by atoms with van der Waals surface area (Å²) in [7, 11) is 0. The number of amidine groups is 1. The van der Waals surface area contributed by atoms with Crippen LogP contribution in [0.3, 0.4) is 0 Å². The molecule has 0 bridgehead atoms. The number of hydrogen-bond acceptors (Lipinski definition) is 3. The second kappa shape index (κ2) is 17.5. The fraction of sp³-hybridized carbons (Fsp3) is 0.958. The summed E-state index contributed by atoms with van der Waals surface area (Å²) in [5, 5.41) is 0. The predicted molar refractivity (Wildman–Crippen MR) is 121 cm³/mol. The number of unbranched alkanes of at least 4 members (excludes halogenated alkanes) is 16. The lowest BCUT2D eigenvalue weighted by Crippen LogP contribution is -2.41. The lowest BCUT2D eigenvalue weighted by Gasteiger charge is -2.24. The molecule has 0 spiro atoms. The van der Waals surface area contributed by atoms with Crippen molar-refractivity contribution in [2.75, 3.05) is 13.1 Å². The summed E-state index contributed by atoms with van der Waals surface area (Å²) in [6.45, 7) is 6.32. The second-order valence-corrected chi connectivity index (χ2v) is 8.64. The van der Waals surface area contributed by atoms with Gasteiger partial charge in [-0.25, -0.2) is 0 Å². The van der Waals surface area contributed by atoms with Gasteiger partial charge in [-0.2, -0.15) is 0 Å². The first-order valence-electron chi connectivity index (χ1n) is 12.3. The third-order valence-electron chi connectivity index (χ3n) is 5.96. The molecule has 3 heteroatoms. The molecule has 0 aromatic carbocycles. The molecule has 1 aliphatic heterocycles. The van der Waals surface area contributed by atoms with E-state index in [9.17, 15) is 0 Å². The summed E-state index contributed by atoms with van der Waals surface area (Å²) < 4.78 is 0. The van der Waals surface area contributed by atoms with Crippen LogP contribution in [0.15, 0.2) is 4.99 Å². The van der Waals surface area contributed by atoms with Gasteiger partial charge in [-0.05, 0) is 13.3 Å². The molecular formula is C24H49N3. The zero-order valence-corrected chi connectivity index (χ0v) is 18.7. The smallest absolute Gasteiger partial charge is 0.100 e. The Bertz CT molecular complexity index is 352. The summed E-state index contributed by atoms with van der Waals surface area (Å²) in [6, 6.07) is 0. The molecule has 3 nitrogen and oxygen atoms in total. The van der Waals surface area contributed by atoms with Crippen molar-refractivity contribution < 1.29 is 0 Å². The minimum absolute atomic E-state index is 0.122. The molecule has 160 valence electrons. The molecule has 0 amide bonds. The molecule has 0 aromatic rings. The molecule has 0 aliphatic carbocycles. The first-order chi connectivity index (χ1) is 13.3. The highest BCUT2D eigenvalue weighted by Crippen LogP contribution is 2.15. The minimum atomic E-state index is 0.122. The van der Waals surface area contributed by atoms with Gasteiger partial charge in [0.2, 0.25) is 0 Å². The van der Waals surface area contributed by atoms with E-state index in [1.54, 1.807) is 0 Å². The number of rotatable bonds is 19. The molecule has 0 aromatic heterocycles. The molecule has 1 heterocycles. The zero-order chi connectivity index (χ0) is 19.6. The van der Waals surface area contributed by atoms with Gasteiger partial charge in [-0.1, -0.05) is 110 Å². The van der Waals surface area contributed by atoms with Crippen molar-refractivity contribution in [2.24, 2.45) is 10.7 Å². The molecule has 0 radical (unpaired) electrons. The Hall–Kier alpha value is -0.570. The van der Waals surface area contributed by atoms with Crippen LogP contribution in [0.25, 0.3) is 0 Å². The third-order valence-corrected chi connectivity index (χ3v) is 5.96. The summed E-state index contributed by atoms with van der Waals surface area (Å²) in [6.07, 6.45) is 25.5. The Kier molecular flexibility index (Phi) is 15.9. The first kappa shape index (κ1) is 24.5. The van der Waals surface area contributed by atoms with E-state index in [2.05, 4.69) is 23.7 Å². The lowest BCUT2D eigenvalue weighted by atomic mass is 10.0. The van der Waals surface area contributed by atoms with Crippen molar-refractivity contribution in [2.45, 2.75) is 136 Å². The normalized spacial score (nSPS) is 15.4. The van der Waals surface area contributed by atoms with Gasteiger partial charge in [-0.3, -0.25) is 4.99 Å². The highest BCUT2D eigenvalue weighted by molar-refractivity contribution is 5.83. The van der Waals surface area contributed by atoms with Gasteiger partial charge in [0, 0.05) is 13.0 Å². The van der Waals surface area contributed by atoms with E-state index >= 15 is 0 Å². The molecule has 0 fully saturated rings. The van der Waals surface area contributed by atoms with Crippen LogP contribution in [0.4, 0.5) is 0 Å². The minimum Gasteiger partial charge on any atom is -0.343 e. The fourth-order valence-electron chi connectivity index (χ4n) is 4.18. The van der Waals surface area contributed by atoms with Crippen LogP contribution in [0.1, 0.15) is 129 Å². The quantitative estimate of drug-likeness (QED) is 0.244. The van der Waals surface area contributed by atoms with Gasteiger partial charge >= 0.3 is 0 Å². The van der Waals surface area contributed by atoms with Gasteiger partial charge in [-0.15, -0.1) is 0 Å². The summed E-state index contributed by atoms with van der Waals surface area (Å²) in [4.78, 5) is 6.88. The van der Waals surface area contributed by atoms with Gasteiger partial charge in [0.25, 0.3) is 0 Å². The van der Waals surface area contributed by atoms with Gasteiger partial charge in [0.15, 0.2) is 0 Å². The van der Waals surface area contributed by atoms with Crippen LogP contribution >= 0.6 is 0 Å². The Morgan fingerprint density at radius 1 is 0.741 bits per heavy atom. The van der Waals surface area contributed by atoms with Crippen LogP contribution in [-0.2, 0) is 0 Å². The monoisotopic (exact) mass is 379 g/mol. The van der Waals surface area contributed by atoms with E-state index in [1.807, 2.05) is 0 Å². The second-order valence-electron chi connectivity index (χ2n) is 8.64. The number of nitrogens with two attached hydrogens (primary N) is 1. The van der Waals surface area contributed by atoms with Gasteiger partial charge < -0.3 is 10.6 Å². The molecule has 0 saturated heterocycles. The Morgan fingerprint density at radius 3 is 1.56 bits per heavy atom. The van der Waals surface area contributed by atoms with E-state index in [0.29, 0.717) is 0 Å². The van der Waals surface area contributed by atoms with Crippen LogP contribution in [0.5, 0.6) is 0 Å². The van der Waals surface area contributed by atoms with Crippen molar-refractivity contribution >= 4 is 5.84 Å². The average Bonchev–Trinajstić information content (AvgIpc) is 3.13. The molecule has 2 N–H and O–H groups in total. The SMILES string of the molecule is CCCCCCCCCCCCCCCCCCCC1=NCCN1C(C)N. The molecule has 1 unspecified atom stereocenters. The predicted octanol–water partition coefficient (Wildman–Crippen LogP) is 7.05. The van der Waals surface area contributed by atoms with Crippen molar-refractivity contribution in [1.29, 1.82) is 0 Å². The van der Waals surface area contributed by atoms with Crippen molar-refractivity contribution in [3.8, 4) is 0 Å². The lowest BCUT2D eigenvalue weighted by molar-refractivity contribution is 0.358. The highest BCUT2D eigenvalue weighted by Gasteiger charge is 2.18. The standard InChI is InChI=1S/C24H49N3/c1-3-4-5-6-7-8-9-10-11-12-13-14-15-16-17-18-19-20-24-26-21-22-27(24)23(2)25/h23H,3-22,25H2,1-2H3. The molecule has 1 rings (SSSR count). The van der Waals surface area contributed by atoms with Crippen LogP contribution in [0.2, 0.25) is 0 Å². The van der Waals surface area contributed by atoms with Gasteiger partial charge in [0.1, 0.15) is 5.84 Å². The van der Waals surface area contributed by atoms with Crippen molar-refractivity contribution in [3.05, 3.63) is 0 Å². The van der Waals surface area contributed by atoms with Crippen molar-refractivity contribution in [1.82, 2.24) is 4.90 Å². The van der Waals surface area contributed by atoms with E-state index in [0.717, 1.165) is 19.5 Å². The largest absolute Gasteiger partial charge is 0.343 e. The Morgan fingerprint density at radius 2 is 1.15 bits per heavy atom. The Labute approximate surface area is 170 Å². The number of hydrogen-bond donors (Lipinski definition) is 1. The molecule has 27 heavy (non-hydrogen) atoms. The van der Waals surface area contributed by atoms with E-state index in [1.165, 1.54) is 115 Å². The fourth-order valence-corrected chi connectivity index (χ4v) is 4.18.